The van der Waals surface area contributed by atoms with Crippen molar-refractivity contribution in [2.24, 2.45) is 24.6 Å². The molecule has 0 aliphatic heterocycles. The van der Waals surface area contributed by atoms with Gasteiger partial charge < -0.3 is 5.73 Å². The quantitative estimate of drug-likeness (QED) is 0.737. The molecule has 0 radical (unpaired) electrons. The molecule has 2 N–H and O–H groups in total. The Morgan fingerprint density at radius 3 is 2.61 bits per heavy atom. The summed E-state index contributed by atoms with van der Waals surface area (Å²) in [6.07, 6.45) is 2.73. The molecule has 0 spiro atoms. The SMILES string of the molecule is CC(C)C(CCN)CCC(=O)Cc1nnn(C)n1. The van der Waals surface area contributed by atoms with Crippen LogP contribution in [0.2, 0.25) is 0 Å². The van der Waals surface area contributed by atoms with Gasteiger partial charge in [-0.1, -0.05) is 13.8 Å². The van der Waals surface area contributed by atoms with Crippen molar-refractivity contribution in [3.63, 3.8) is 0 Å². The van der Waals surface area contributed by atoms with Crippen molar-refractivity contribution < 1.29 is 4.79 Å². The van der Waals surface area contributed by atoms with E-state index in [2.05, 4.69) is 29.3 Å². The number of nitrogens with two attached hydrogens (primary N) is 1. The molecule has 0 fully saturated rings. The highest BCUT2D eigenvalue weighted by Gasteiger charge is 2.15. The van der Waals surface area contributed by atoms with Crippen LogP contribution < -0.4 is 5.73 Å². The molecule has 0 amide bonds. The number of rotatable bonds is 8. The Morgan fingerprint density at radius 1 is 1.39 bits per heavy atom. The van der Waals surface area contributed by atoms with Crippen LogP contribution >= 0.6 is 0 Å². The van der Waals surface area contributed by atoms with Gasteiger partial charge in [-0.3, -0.25) is 4.79 Å². The van der Waals surface area contributed by atoms with E-state index in [1.54, 1.807) is 7.05 Å². The Bertz CT molecular complexity index is 374. The van der Waals surface area contributed by atoms with Crippen LogP contribution in [0, 0.1) is 11.8 Å². The number of aromatic nitrogens is 4. The molecule has 0 aliphatic rings. The number of ketones is 1. The summed E-state index contributed by atoms with van der Waals surface area (Å²) in [5, 5.41) is 11.5. The summed E-state index contributed by atoms with van der Waals surface area (Å²) in [6.45, 7) is 5.03. The predicted octanol–water partition coefficient (Wildman–Crippen LogP) is 0.723. The molecule has 0 aliphatic carbocycles. The van der Waals surface area contributed by atoms with E-state index >= 15 is 0 Å². The number of carbonyl (C=O) groups excluding carboxylic acids is 1. The highest BCUT2D eigenvalue weighted by molar-refractivity contribution is 5.79. The molecule has 1 aromatic heterocycles. The molecule has 102 valence electrons. The number of tetrazole rings is 1. The van der Waals surface area contributed by atoms with E-state index in [9.17, 15) is 4.79 Å². The van der Waals surface area contributed by atoms with Gasteiger partial charge in [0.2, 0.25) is 0 Å². The maximum absolute atomic E-state index is 11.8. The Morgan fingerprint density at radius 2 is 2.11 bits per heavy atom. The average molecular weight is 253 g/mol. The molecular weight excluding hydrogens is 230 g/mol. The third-order valence-electron chi connectivity index (χ3n) is 3.18. The van der Waals surface area contributed by atoms with Crippen LogP contribution in [0.1, 0.15) is 38.9 Å². The van der Waals surface area contributed by atoms with Gasteiger partial charge in [0.05, 0.1) is 13.5 Å². The molecule has 1 rings (SSSR count). The van der Waals surface area contributed by atoms with Crippen molar-refractivity contribution in [3.8, 4) is 0 Å². The molecule has 1 heterocycles. The maximum Gasteiger partial charge on any atom is 0.182 e. The van der Waals surface area contributed by atoms with E-state index in [0.717, 1.165) is 12.8 Å². The molecule has 0 saturated carbocycles. The van der Waals surface area contributed by atoms with E-state index in [1.165, 1.54) is 4.80 Å². The molecule has 6 heteroatoms. The summed E-state index contributed by atoms with van der Waals surface area (Å²) in [4.78, 5) is 13.2. The van der Waals surface area contributed by atoms with E-state index in [1.807, 2.05) is 0 Å². The highest BCUT2D eigenvalue weighted by Crippen LogP contribution is 2.20. The summed E-state index contributed by atoms with van der Waals surface area (Å²) in [6, 6.07) is 0. The number of nitrogens with zero attached hydrogens (tertiary/aromatic N) is 4. The lowest BCUT2D eigenvalue weighted by molar-refractivity contribution is -0.118. The zero-order chi connectivity index (χ0) is 13.5. The Hall–Kier alpha value is -1.30. The van der Waals surface area contributed by atoms with Crippen molar-refractivity contribution in [2.45, 2.75) is 39.5 Å². The minimum atomic E-state index is 0.172. The summed E-state index contributed by atoms with van der Waals surface area (Å²) in [5.41, 5.74) is 5.58. The molecule has 6 nitrogen and oxygen atoms in total. The van der Waals surface area contributed by atoms with Crippen LogP contribution in [0.15, 0.2) is 0 Å². The predicted molar refractivity (Wildman–Crippen MR) is 68.7 cm³/mol. The van der Waals surface area contributed by atoms with Crippen molar-refractivity contribution in [2.75, 3.05) is 6.54 Å². The maximum atomic E-state index is 11.8. The second-order valence-corrected chi connectivity index (χ2v) is 5.03. The zero-order valence-electron chi connectivity index (χ0n) is 11.5. The third kappa shape index (κ3) is 4.91. The van der Waals surface area contributed by atoms with Gasteiger partial charge in [-0.15, -0.1) is 10.2 Å². The first-order chi connectivity index (χ1) is 8.52. The molecule has 1 aromatic rings. The second kappa shape index (κ2) is 7.20. The van der Waals surface area contributed by atoms with Gasteiger partial charge in [0, 0.05) is 6.42 Å². The van der Waals surface area contributed by atoms with Crippen molar-refractivity contribution in [1.29, 1.82) is 0 Å². The minimum Gasteiger partial charge on any atom is -0.330 e. The van der Waals surface area contributed by atoms with Crippen LogP contribution in [0.25, 0.3) is 0 Å². The van der Waals surface area contributed by atoms with E-state index < -0.39 is 0 Å². The largest absolute Gasteiger partial charge is 0.330 e. The lowest BCUT2D eigenvalue weighted by Crippen LogP contribution is -2.16. The van der Waals surface area contributed by atoms with Crippen LogP contribution in [0.5, 0.6) is 0 Å². The van der Waals surface area contributed by atoms with E-state index in [-0.39, 0.29) is 12.2 Å². The van der Waals surface area contributed by atoms with Gasteiger partial charge in [-0.2, -0.15) is 4.80 Å². The number of hydrogen-bond acceptors (Lipinski definition) is 5. The summed E-state index contributed by atoms with van der Waals surface area (Å²) in [7, 11) is 1.69. The van der Waals surface area contributed by atoms with Gasteiger partial charge in [-0.05, 0) is 36.4 Å². The van der Waals surface area contributed by atoms with Gasteiger partial charge in [0.1, 0.15) is 5.78 Å². The first-order valence-corrected chi connectivity index (χ1v) is 6.47. The number of aryl methyl sites for hydroxylation is 1. The van der Waals surface area contributed by atoms with Crippen molar-refractivity contribution >= 4 is 5.78 Å². The molecule has 18 heavy (non-hydrogen) atoms. The monoisotopic (exact) mass is 253 g/mol. The fraction of sp³-hybridized carbons (Fsp3) is 0.833. The second-order valence-electron chi connectivity index (χ2n) is 5.03. The van der Waals surface area contributed by atoms with Crippen LogP contribution in [0.3, 0.4) is 0 Å². The Labute approximate surface area is 108 Å². The van der Waals surface area contributed by atoms with Crippen LogP contribution in [-0.4, -0.2) is 32.5 Å². The minimum absolute atomic E-state index is 0.172. The van der Waals surface area contributed by atoms with Gasteiger partial charge >= 0.3 is 0 Å². The van der Waals surface area contributed by atoms with Gasteiger partial charge in [0.25, 0.3) is 0 Å². The lowest BCUT2D eigenvalue weighted by Gasteiger charge is -2.19. The molecule has 0 saturated heterocycles. The number of carbonyl (C=O) groups is 1. The van der Waals surface area contributed by atoms with E-state index in [0.29, 0.717) is 30.6 Å². The normalized spacial score (nSPS) is 12.9. The average Bonchev–Trinajstić information content (AvgIpc) is 2.69. The van der Waals surface area contributed by atoms with Crippen molar-refractivity contribution in [1.82, 2.24) is 20.2 Å². The first kappa shape index (κ1) is 14.8. The number of Topliss-reactive ketones (excluding diaryl/α,β-unsaturated/α-hetero) is 1. The van der Waals surface area contributed by atoms with E-state index in [4.69, 9.17) is 5.73 Å². The molecule has 0 aromatic carbocycles. The third-order valence-corrected chi connectivity index (χ3v) is 3.18. The highest BCUT2D eigenvalue weighted by atomic mass is 16.1. The number of hydrogen-bond donors (Lipinski definition) is 1. The Kier molecular flexibility index (Phi) is 5.91. The summed E-state index contributed by atoms with van der Waals surface area (Å²) < 4.78 is 0. The topological polar surface area (TPSA) is 86.7 Å². The fourth-order valence-electron chi connectivity index (χ4n) is 2.03. The molecule has 1 unspecified atom stereocenters. The molecule has 0 bridgehead atoms. The van der Waals surface area contributed by atoms with Gasteiger partial charge in [0.15, 0.2) is 5.82 Å². The fourth-order valence-corrected chi connectivity index (χ4v) is 2.03. The summed E-state index contributed by atoms with van der Waals surface area (Å²) in [5.74, 6) is 1.76. The first-order valence-electron chi connectivity index (χ1n) is 6.47. The van der Waals surface area contributed by atoms with Gasteiger partial charge in [-0.25, -0.2) is 0 Å². The molecular formula is C12H23N5O. The van der Waals surface area contributed by atoms with Crippen LogP contribution in [-0.2, 0) is 18.3 Å². The molecule has 1 atom stereocenters. The smallest absolute Gasteiger partial charge is 0.182 e. The Balaban J connectivity index is 2.35. The standard InChI is InChI=1S/C12H23N5O/c1-9(2)10(6-7-13)4-5-11(18)8-12-14-16-17(3)15-12/h9-10H,4-8,13H2,1-3H3. The van der Waals surface area contributed by atoms with Crippen molar-refractivity contribution in [3.05, 3.63) is 5.82 Å². The van der Waals surface area contributed by atoms with Crippen LogP contribution in [0.4, 0.5) is 0 Å². The summed E-state index contributed by atoms with van der Waals surface area (Å²) >= 11 is 0. The lowest BCUT2D eigenvalue weighted by atomic mass is 9.87. The zero-order valence-corrected chi connectivity index (χ0v) is 11.5.